The summed E-state index contributed by atoms with van der Waals surface area (Å²) in [5, 5.41) is 0. The van der Waals surface area contributed by atoms with E-state index in [1.165, 1.54) is 0 Å². The topological polar surface area (TPSA) is 3.24 Å². The molecule has 1 nitrogen and oxygen atoms in total. The highest BCUT2D eigenvalue weighted by atomic mass is 19.1. The molecule has 58 valence electrons. The monoisotopic (exact) mass is 143 g/mol. The van der Waals surface area contributed by atoms with Gasteiger partial charge < -0.3 is 4.90 Å². The number of hydrogen-bond acceptors (Lipinski definition) is 1. The molecule has 1 aliphatic carbocycles. The van der Waals surface area contributed by atoms with Crippen LogP contribution in [0.15, 0.2) is 0 Å². The van der Waals surface area contributed by atoms with Crippen LogP contribution >= 0.6 is 0 Å². The quantitative estimate of drug-likeness (QED) is 0.494. The predicted molar refractivity (Wildman–Crippen MR) is 38.6 cm³/mol. The largest absolute Gasteiger partial charge is 0.306 e. The Morgan fingerprint density at radius 3 is 2.20 bits per heavy atom. The van der Waals surface area contributed by atoms with Crippen LogP contribution in [0.4, 0.5) is 4.39 Å². The van der Waals surface area contributed by atoms with Gasteiger partial charge in [-0.15, -0.1) is 0 Å². The summed E-state index contributed by atoms with van der Waals surface area (Å²) in [5.74, 6) is 0.729. The summed E-state index contributed by atoms with van der Waals surface area (Å²) in [4.78, 5) is 2.26. The van der Waals surface area contributed by atoms with E-state index in [2.05, 4.69) is 11.9 Å². The molecular weight excluding hydrogens is 129 g/mol. The lowest BCUT2D eigenvalue weighted by Gasteiger charge is -2.31. The highest BCUT2D eigenvalue weighted by Crippen LogP contribution is 2.38. The first-order chi connectivity index (χ1) is 4.77. The lowest BCUT2D eigenvalue weighted by molar-refractivity contribution is 0.0950. The molecule has 0 N–H and O–H groups in total. The maximum Gasteiger partial charge on any atom is 0.108 e. The first-order valence-electron chi connectivity index (χ1n) is 4.10. The van der Waals surface area contributed by atoms with Gasteiger partial charge in [-0.3, -0.25) is 0 Å². The van der Waals surface area contributed by atoms with E-state index in [9.17, 15) is 4.39 Å². The van der Waals surface area contributed by atoms with Crippen LogP contribution in [0.2, 0.25) is 0 Å². The molecule has 0 aromatic heterocycles. The lowest BCUT2D eigenvalue weighted by atomic mass is 9.97. The number of likely N-dealkylation sites (tertiary alicyclic amines) is 1. The Morgan fingerprint density at radius 1 is 1.20 bits per heavy atom. The van der Waals surface area contributed by atoms with Crippen LogP contribution in [0.1, 0.15) is 12.8 Å². The number of rotatable bonds is 0. The molecule has 1 aliphatic heterocycles. The second-order valence-corrected chi connectivity index (χ2v) is 3.76. The van der Waals surface area contributed by atoms with Crippen LogP contribution in [0.3, 0.4) is 0 Å². The van der Waals surface area contributed by atoms with E-state index >= 15 is 0 Å². The molecule has 2 unspecified atom stereocenters. The Kier molecular flexibility index (Phi) is 1.44. The van der Waals surface area contributed by atoms with Crippen molar-refractivity contribution in [2.75, 3.05) is 20.1 Å². The van der Waals surface area contributed by atoms with Gasteiger partial charge in [0, 0.05) is 24.9 Å². The molecule has 2 atom stereocenters. The fraction of sp³-hybridized carbons (Fsp3) is 1.00. The summed E-state index contributed by atoms with van der Waals surface area (Å²) in [6.45, 7) is 1.97. The maximum absolute atomic E-state index is 13.2. The van der Waals surface area contributed by atoms with Gasteiger partial charge in [0.25, 0.3) is 0 Å². The molecule has 2 aliphatic rings. The van der Waals surface area contributed by atoms with Crippen molar-refractivity contribution >= 4 is 0 Å². The average Bonchev–Trinajstić information content (AvgIpc) is 2.20. The van der Waals surface area contributed by atoms with E-state index in [0.29, 0.717) is 11.8 Å². The lowest BCUT2D eigenvalue weighted by Crippen LogP contribution is -2.40. The van der Waals surface area contributed by atoms with Gasteiger partial charge in [0.2, 0.25) is 0 Å². The third-order valence-electron chi connectivity index (χ3n) is 2.90. The highest BCUT2D eigenvalue weighted by Gasteiger charge is 2.40. The number of halogens is 1. The molecule has 0 aromatic carbocycles. The molecule has 0 aromatic rings. The number of fused-ring (bicyclic) bond motifs is 2. The molecule has 2 rings (SSSR count). The van der Waals surface area contributed by atoms with E-state index in [-0.39, 0.29) is 0 Å². The van der Waals surface area contributed by atoms with Gasteiger partial charge in [-0.2, -0.15) is 0 Å². The first kappa shape index (κ1) is 6.59. The number of hydrogen-bond donors (Lipinski definition) is 0. The summed E-state index contributed by atoms with van der Waals surface area (Å²) < 4.78 is 13.2. The maximum atomic E-state index is 13.2. The molecule has 0 amide bonds. The summed E-state index contributed by atoms with van der Waals surface area (Å²) in [6, 6.07) is 0. The second-order valence-electron chi connectivity index (χ2n) is 3.76. The van der Waals surface area contributed by atoms with Gasteiger partial charge in [-0.25, -0.2) is 4.39 Å². The van der Waals surface area contributed by atoms with E-state index in [1.807, 2.05) is 0 Å². The van der Waals surface area contributed by atoms with Gasteiger partial charge in [0.05, 0.1) is 0 Å². The summed E-state index contributed by atoms with van der Waals surface area (Å²) in [6.07, 6.45) is 1.77. The second kappa shape index (κ2) is 2.19. The Labute approximate surface area is 61.2 Å². The molecule has 0 radical (unpaired) electrons. The van der Waals surface area contributed by atoms with Crippen molar-refractivity contribution in [3.05, 3.63) is 0 Å². The van der Waals surface area contributed by atoms with Crippen molar-refractivity contribution in [2.24, 2.45) is 11.8 Å². The highest BCUT2D eigenvalue weighted by molar-refractivity contribution is 4.91. The van der Waals surface area contributed by atoms with Gasteiger partial charge in [0.15, 0.2) is 0 Å². The molecule has 1 saturated carbocycles. The van der Waals surface area contributed by atoms with E-state index in [0.717, 1.165) is 25.9 Å². The zero-order chi connectivity index (χ0) is 7.14. The van der Waals surface area contributed by atoms with Crippen LogP contribution in [-0.4, -0.2) is 31.2 Å². The van der Waals surface area contributed by atoms with Gasteiger partial charge in [0.1, 0.15) is 6.17 Å². The summed E-state index contributed by atoms with van der Waals surface area (Å²) in [7, 11) is 2.09. The Bertz CT molecular complexity index is 123. The Morgan fingerprint density at radius 2 is 1.70 bits per heavy atom. The van der Waals surface area contributed by atoms with Crippen molar-refractivity contribution in [3.63, 3.8) is 0 Å². The van der Waals surface area contributed by atoms with Crippen molar-refractivity contribution in [3.8, 4) is 0 Å². The molecule has 10 heavy (non-hydrogen) atoms. The minimum Gasteiger partial charge on any atom is -0.306 e. The van der Waals surface area contributed by atoms with Gasteiger partial charge >= 0.3 is 0 Å². The van der Waals surface area contributed by atoms with E-state index in [1.54, 1.807) is 0 Å². The zero-order valence-corrected chi connectivity index (χ0v) is 6.39. The predicted octanol–water partition coefficient (Wildman–Crippen LogP) is 1.30. The van der Waals surface area contributed by atoms with Crippen LogP contribution in [0.25, 0.3) is 0 Å². The van der Waals surface area contributed by atoms with Crippen LogP contribution in [0.5, 0.6) is 0 Å². The first-order valence-corrected chi connectivity index (χ1v) is 4.10. The van der Waals surface area contributed by atoms with E-state index in [4.69, 9.17) is 0 Å². The van der Waals surface area contributed by atoms with Crippen molar-refractivity contribution in [1.82, 2.24) is 4.90 Å². The molecule has 0 spiro atoms. The van der Waals surface area contributed by atoms with Gasteiger partial charge in [-0.1, -0.05) is 0 Å². The molecule has 1 heterocycles. The van der Waals surface area contributed by atoms with Gasteiger partial charge in [-0.05, 0) is 19.9 Å². The average molecular weight is 143 g/mol. The molecule has 1 saturated heterocycles. The standard InChI is InChI=1S/C8H14FN/c1-10-4-6-2-3-7(5-10)8(6)9/h6-8H,2-5H2,1H3. The molecular formula is C8H14FN. The zero-order valence-electron chi connectivity index (χ0n) is 6.39. The van der Waals surface area contributed by atoms with Crippen LogP contribution in [0, 0.1) is 11.8 Å². The van der Waals surface area contributed by atoms with Crippen LogP contribution in [-0.2, 0) is 0 Å². The summed E-state index contributed by atoms with van der Waals surface area (Å²) >= 11 is 0. The number of alkyl halides is 1. The number of nitrogens with zero attached hydrogens (tertiary/aromatic N) is 1. The van der Waals surface area contributed by atoms with Crippen molar-refractivity contribution in [1.29, 1.82) is 0 Å². The molecule has 2 bridgehead atoms. The molecule has 2 heteroatoms. The van der Waals surface area contributed by atoms with Crippen LogP contribution < -0.4 is 0 Å². The minimum atomic E-state index is -0.476. The SMILES string of the molecule is CN1CC2CCC(C1)C2F. The van der Waals surface area contributed by atoms with E-state index < -0.39 is 6.17 Å². The van der Waals surface area contributed by atoms with Crippen molar-refractivity contribution in [2.45, 2.75) is 19.0 Å². The Hall–Kier alpha value is -0.110. The Balaban J connectivity index is 2.09. The van der Waals surface area contributed by atoms with Crippen molar-refractivity contribution < 1.29 is 4.39 Å². The fourth-order valence-corrected chi connectivity index (χ4v) is 2.39. The minimum absolute atomic E-state index is 0.365. The fourth-order valence-electron chi connectivity index (χ4n) is 2.39. The summed E-state index contributed by atoms with van der Waals surface area (Å²) in [5.41, 5.74) is 0. The smallest absolute Gasteiger partial charge is 0.108 e. The normalized spacial score (nSPS) is 48.0. The third kappa shape index (κ3) is 0.858. The molecule has 2 fully saturated rings. The third-order valence-corrected chi connectivity index (χ3v) is 2.90. The number of piperidine rings is 1.